The average Bonchev–Trinajstić information content (AvgIpc) is 2.97. The molecule has 2 aromatic rings. The number of nitrogens with one attached hydrogen (secondary N) is 2. The molecule has 0 amide bonds. The first-order chi connectivity index (χ1) is 9.16. The topological polar surface area (TPSA) is 82.1 Å². The molecule has 1 unspecified atom stereocenters. The van der Waals surface area contributed by atoms with Gasteiger partial charge in [0.15, 0.2) is 0 Å². The molecule has 1 atom stereocenters. The molecule has 6 nitrogen and oxygen atoms in total. The van der Waals surface area contributed by atoms with Crippen LogP contribution in [-0.2, 0) is 17.1 Å². The predicted octanol–water partition coefficient (Wildman–Crippen LogP) is 1.67. The molecule has 2 heterocycles. The van der Waals surface area contributed by atoms with Crippen molar-refractivity contribution < 1.29 is 17.1 Å². The number of aliphatic imine (C=N–C) groups is 2. The number of hydrogen-bond donors (Lipinski definition) is 2. The van der Waals surface area contributed by atoms with Crippen molar-refractivity contribution in [2.45, 2.75) is 26.8 Å². The fourth-order valence-corrected chi connectivity index (χ4v) is 1.54. The molecule has 0 fully saturated rings. The molecule has 0 bridgehead atoms. The molecular formula is C13H18CuN6+2. The molecule has 2 N–H and O–H groups in total. The van der Waals surface area contributed by atoms with Crippen LogP contribution in [0.4, 0.5) is 0 Å². The van der Waals surface area contributed by atoms with Crippen LogP contribution in [0.25, 0.3) is 0 Å². The van der Waals surface area contributed by atoms with Gasteiger partial charge in [-0.15, -0.1) is 0 Å². The Hall–Kier alpha value is -1.72. The van der Waals surface area contributed by atoms with Gasteiger partial charge in [-0.3, -0.25) is 9.98 Å². The number of H-pyrrole nitrogens is 2. The quantitative estimate of drug-likeness (QED) is 0.648. The van der Waals surface area contributed by atoms with Crippen LogP contribution in [0.5, 0.6) is 0 Å². The largest absolute Gasteiger partial charge is 2.00 e. The third-order valence-corrected chi connectivity index (χ3v) is 2.77. The van der Waals surface area contributed by atoms with Crippen molar-refractivity contribution in [1.29, 1.82) is 0 Å². The first-order valence-electron chi connectivity index (χ1n) is 6.19. The van der Waals surface area contributed by atoms with Crippen LogP contribution < -0.4 is 0 Å². The summed E-state index contributed by atoms with van der Waals surface area (Å²) >= 11 is 0. The summed E-state index contributed by atoms with van der Waals surface area (Å²) in [6.07, 6.45) is 6.89. The Morgan fingerprint density at radius 2 is 1.65 bits per heavy atom. The van der Waals surface area contributed by atoms with Crippen LogP contribution in [-0.4, -0.2) is 45.0 Å². The van der Waals surface area contributed by atoms with Gasteiger partial charge >= 0.3 is 17.1 Å². The smallest absolute Gasteiger partial charge is 0.348 e. The van der Waals surface area contributed by atoms with Gasteiger partial charge in [-0.2, -0.15) is 0 Å². The third-order valence-electron chi connectivity index (χ3n) is 2.77. The van der Waals surface area contributed by atoms with E-state index in [1.54, 1.807) is 25.1 Å². The Morgan fingerprint density at radius 3 is 2.15 bits per heavy atom. The summed E-state index contributed by atoms with van der Waals surface area (Å²) in [4.78, 5) is 23.1. The van der Waals surface area contributed by atoms with Gasteiger partial charge in [0.1, 0.15) is 11.4 Å². The molecule has 0 saturated heterocycles. The maximum Gasteiger partial charge on any atom is 2.00 e. The van der Waals surface area contributed by atoms with Crippen molar-refractivity contribution in [1.82, 2.24) is 19.9 Å². The van der Waals surface area contributed by atoms with Gasteiger partial charge in [-0.05, 0) is 20.8 Å². The summed E-state index contributed by atoms with van der Waals surface area (Å²) in [5.41, 5.74) is 3.79. The van der Waals surface area contributed by atoms with E-state index in [0.717, 1.165) is 22.8 Å². The van der Waals surface area contributed by atoms with Gasteiger partial charge in [0.2, 0.25) is 0 Å². The van der Waals surface area contributed by atoms with Crippen LogP contribution in [0, 0.1) is 13.8 Å². The molecule has 0 aliphatic heterocycles. The first-order valence-corrected chi connectivity index (χ1v) is 6.19. The summed E-state index contributed by atoms with van der Waals surface area (Å²) in [5.74, 6) is 0. The van der Waals surface area contributed by atoms with Gasteiger partial charge in [-0.25, -0.2) is 9.97 Å². The molecule has 20 heavy (non-hydrogen) atoms. The van der Waals surface area contributed by atoms with E-state index in [4.69, 9.17) is 0 Å². The van der Waals surface area contributed by atoms with Crippen LogP contribution in [0.15, 0.2) is 22.6 Å². The fraction of sp³-hybridized carbons (Fsp3) is 0.385. The van der Waals surface area contributed by atoms with Crippen LogP contribution >= 0.6 is 0 Å². The Labute approximate surface area is 128 Å². The molecule has 2 rings (SSSR count). The zero-order chi connectivity index (χ0) is 13.7. The van der Waals surface area contributed by atoms with Crippen LogP contribution in [0.2, 0.25) is 0 Å². The molecule has 0 saturated carbocycles. The van der Waals surface area contributed by atoms with Crippen molar-refractivity contribution in [2.75, 3.05) is 6.54 Å². The summed E-state index contributed by atoms with van der Waals surface area (Å²) in [5, 5.41) is 0. The van der Waals surface area contributed by atoms with Gasteiger partial charge in [0.05, 0.1) is 25.2 Å². The van der Waals surface area contributed by atoms with Crippen molar-refractivity contribution in [2.24, 2.45) is 9.98 Å². The van der Waals surface area contributed by atoms with E-state index < -0.39 is 0 Å². The molecule has 2 aromatic heterocycles. The SMILES string of the molecule is Cc1[nH]cnc1C=NCC(C)N=Cc1nc[nH]c1C.[Cu+2]. The molecule has 0 aromatic carbocycles. The molecule has 0 spiro atoms. The Balaban J connectivity index is 0.00000200. The summed E-state index contributed by atoms with van der Waals surface area (Å²) in [6.45, 7) is 6.59. The van der Waals surface area contributed by atoms with Crippen LogP contribution in [0.1, 0.15) is 29.7 Å². The summed E-state index contributed by atoms with van der Waals surface area (Å²) < 4.78 is 0. The second-order valence-electron chi connectivity index (χ2n) is 4.45. The van der Waals surface area contributed by atoms with Gasteiger partial charge in [0.25, 0.3) is 0 Å². The molecular weight excluding hydrogens is 304 g/mol. The Bertz CT molecular complexity index is 583. The third kappa shape index (κ3) is 4.43. The maximum absolute atomic E-state index is 4.42. The summed E-state index contributed by atoms with van der Waals surface area (Å²) in [7, 11) is 0. The van der Waals surface area contributed by atoms with Crippen LogP contribution in [0.3, 0.4) is 0 Å². The number of hydrogen-bond acceptors (Lipinski definition) is 4. The van der Waals surface area contributed by atoms with Crippen molar-refractivity contribution >= 4 is 12.4 Å². The number of nitrogens with zero attached hydrogens (tertiary/aromatic N) is 4. The number of rotatable bonds is 5. The van der Waals surface area contributed by atoms with Crippen molar-refractivity contribution in [3.05, 3.63) is 35.4 Å². The number of imidazole rings is 2. The van der Waals surface area contributed by atoms with E-state index in [0.29, 0.717) is 6.54 Å². The monoisotopic (exact) mass is 321 g/mol. The average molecular weight is 322 g/mol. The number of aromatic nitrogens is 4. The minimum atomic E-state index is 0. The molecule has 0 aliphatic rings. The Morgan fingerprint density at radius 1 is 1.10 bits per heavy atom. The first kappa shape index (κ1) is 16.3. The zero-order valence-corrected chi connectivity index (χ0v) is 12.6. The van der Waals surface area contributed by atoms with Gasteiger partial charge in [0, 0.05) is 23.8 Å². The van der Waals surface area contributed by atoms with E-state index in [2.05, 4.69) is 29.9 Å². The van der Waals surface area contributed by atoms with Crippen molar-refractivity contribution in [3.63, 3.8) is 0 Å². The number of aryl methyl sites for hydroxylation is 2. The maximum atomic E-state index is 4.42. The van der Waals surface area contributed by atoms with E-state index in [-0.39, 0.29) is 23.1 Å². The fourth-order valence-electron chi connectivity index (χ4n) is 1.54. The number of aromatic amines is 2. The summed E-state index contributed by atoms with van der Waals surface area (Å²) in [6, 6.07) is 0.117. The molecule has 1 radical (unpaired) electrons. The normalized spacial score (nSPS) is 12.9. The molecule has 0 aliphatic carbocycles. The zero-order valence-electron chi connectivity index (χ0n) is 11.7. The predicted molar refractivity (Wildman–Crippen MR) is 76.2 cm³/mol. The van der Waals surface area contributed by atoms with Gasteiger partial charge in [-0.1, -0.05) is 0 Å². The molecule has 7 heteroatoms. The Kier molecular flexibility index (Phi) is 6.34. The molecule has 109 valence electrons. The van der Waals surface area contributed by atoms with Crippen molar-refractivity contribution in [3.8, 4) is 0 Å². The minimum Gasteiger partial charge on any atom is -0.348 e. The van der Waals surface area contributed by atoms with E-state index in [9.17, 15) is 0 Å². The standard InChI is InChI=1S/C13H18N6.Cu/c1-9(15-6-13-11(3)17-8-19-13)4-14-5-12-10(2)16-7-18-12;/h5-9H,4H2,1-3H3,(H,16,18)(H,17,19);/q;+2. The second-order valence-corrected chi connectivity index (χ2v) is 4.45. The van der Waals surface area contributed by atoms with E-state index in [1.165, 1.54) is 0 Å². The minimum absolute atomic E-state index is 0. The van der Waals surface area contributed by atoms with Gasteiger partial charge < -0.3 is 9.97 Å². The van der Waals surface area contributed by atoms with E-state index >= 15 is 0 Å². The second kappa shape index (κ2) is 7.77. The van der Waals surface area contributed by atoms with E-state index in [1.807, 2.05) is 20.8 Å².